The van der Waals surface area contributed by atoms with Gasteiger partial charge in [0.25, 0.3) is 0 Å². The van der Waals surface area contributed by atoms with Crippen LogP contribution in [0.4, 0.5) is 5.69 Å². The van der Waals surface area contributed by atoms with Crippen molar-refractivity contribution in [1.82, 2.24) is 9.97 Å². The van der Waals surface area contributed by atoms with Crippen molar-refractivity contribution in [3.63, 3.8) is 0 Å². The van der Waals surface area contributed by atoms with Gasteiger partial charge in [0.1, 0.15) is 11.5 Å². The van der Waals surface area contributed by atoms with E-state index >= 15 is 0 Å². The molecule has 22 heavy (non-hydrogen) atoms. The number of benzene rings is 1. The molecule has 0 aliphatic rings. The van der Waals surface area contributed by atoms with Gasteiger partial charge in [-0.1, -0.05) is 0 Å². The number of H-pyrrole nitrogens is 1. The number of ether oxygens (including phenoxy) is 1. The Morgan fingerprint density at radius 1 is 1.14 bits per heavy atom. The number of anilines is 1. The molecule has 3 rings (SSSR count). The van der Waals surface area contributed by atoms with Crippen LogP contribution < -0.4 is 10.5 Å². The molecule has 0 radical (unpaired) electrons. The largest absolute Gasteiger partial charge is 0.478 e. The molecule has 0 saturated heterocycles. The fraction of sp³-hybridized carbons (Fsp3) is 0. The van der Waals surface area contributed by atoms with E-state index in [1.165, 1.54) is 12.3 Å². The number of nitrogens with one attached hydrogen (secondary N) is 1. The van der Waals surface area contributed by atoms with Crippen LogP contribution in [0.5, 0.6) is 11.5 Å². The first-order chi connectivity index (χ1) is 10.6. The van der Waals surface area contributed by atoms with E-state index in [2.05, 4.69) is 9.97 Å². The molecule has 3 aromatic rings. The minimum absolute atomic E-state index is 0.182. The highest BCUT2D eigenvalue weighted by atomic mass is 16.5. The number of hydrogen-bond acceptors (Lipinski definition) is 4. The van der Waals surface area contributed by atoms with Crippen molar-refractivity contribution < 1.29 is 14.6 Å². The summed E-state index contributed by atoms with van der Waals surface area (Å²) in [6.45, 7) is 0. The maximum absolute atomic E-state index is 10.9. The van der Waals surface area contributed by atoms with E-state index in [0.717, 1.165) is 0 Å². The zero-order valence-corrected chi connectivity index (χ0v) is 11.5. The Balaban J connectivity index is 1.85. The molecule has 0 saturated carbocycles. The molecule has 0 aliphatic carbocycles. The Morgan fingerprint density at radius 2 is 1.91 bits per heavy atom. The van der Waals surface area contributed by atoms with Crippen LogP contribution in [0.25, 0.3) is 11.4 Å². The molecule has 0 aliphatic heterocycles. The molecule has 0 fully saturated rings. The number of aromatic carboxylic acids is 1. The van der Waals surface area contributed by atoms with Gasteiger partial charge in [-0.25, -0.2) is 4.79 Å². The van der Waals surface area contributed by atoms with Gasteiger partial charge in [0.15, 0.2) is 0 Å². The van der Waals surface area contributed by atoms with Gasteiger partial charge in [0.05, 0.1) is 17.0 Å². The van der Waals surface area contributed by atoms with Crippen LogP contribution in [0.1, 0.15) is 10.4 Å². The van der Waals surface area contributed by atoms with Crippen molar-refractivity contribution in [2.45, 2.75) is 0 Å². The number of aromatic nitrogens is 2. The average Bonchev–Trinajstić information content (AvgIpc) is 3.00. The first-order valence-corrected chi connectivity index (χ1v) is 6.53. The van der Waals surface area contributed by atoms with Gasteiger partial charge in [-0.2, -0.15) is 0 Å². The van der Waals surface area contributed by atoms with Crippen LogP contribution in [0.15, 0.2) is 54.9 Å². The van der Waals surface area contributed by atoms with Crippen molar-refractivity contribution >= 4 is 11.7 Å². The van der Waals surface area contributed by atoms with E-state index in [4.69, 9.17) is 15.6 Å². The van der Waals surface area contributed by atoms with Crippen LogP contribution in [0.2, 0.25) is 0 Å². The lowest BCUT2D eigenvalue weighted by molar-refractivity contribution is 0.0697. The van der Waals surface area contributed by atoms with Crippen LogP contribution in [-0.4, -0.2) is 21.0 Å². The molecule has 0 spiro atoms. The number of hydrogen-bond donors (Lipinski definition) is 3. The molecule has 0 atom stereocenters. The minimum Gasteiger partial charge on any atom is -0.478 e. The highest BCUT2D eigenvalue weighted by Crippen LogP contribution is 2.26. The third-order valence-electron chi connectivity index (χ3n) is 3.05. The number of pyridine rings is 1. The summed E-state index contributed by atoms with van der Waals surface area (Å²) in [7, 11) is 0. The molecule has 6 heteroatoms. The quantitative estimate of drug-likeness (QED) is 0.642. The van der Waals surface area contributed by atoms with Crippen molar-refractivity contribution in [2.75, 3.05) is 5.73 Å². The Kier molecular flexibility index (Phi) is 3.49. The fourth-order valence-electron chi connectivity index (χ4n) is 1.96. The Labute approximate surface area is 126 Å². The number of nitrogen functional groups attached to an aromatic ring is 1. The summed E-state index contributed by atoms with van der Waals surface area (Å²) in [6.07, 6.45) is 3.02. The Morgan fingerprint density at radius 3 is 2.59 bits per heavy atom. The Hall–Kier alpha value is -3.28. The van der Waals surface area contributed by atoms with Crippen LogP contribution in [0, 0.1) is 0 Å². The van der Waals surface area contributed by atoms with E-state index in [-0.39, 0.29) is 5.56 Å². The molecule has 0 bridgehead atoms. The van der Waals surface area contributed by atoms with Gasteiger partial charge in [-0.05, 0) is 36.4 Å². The summed E-state index contributed by atoms with van der Waals surface area (Å²) in [5.74, 6) is 0.266. The van der Waals surface area contributed by atoms with Gasteiger partial charge in [-0.15, -0.1) is 0 Å². The van der Waals surface area contributed by atoms with Gasteiger partial charge in [0, 0.05) is 24.1 Å². The normalized spacial score (nSPS) is 10.4. The molecule has 4 N–H and O–H groups in total. The molecule has 0 unspecified atom stereocenters. The molecule has 2 aromatic heterocycles. The third kappa shape index (κ3) is 2.90. The predicted octanol–water partition coefficient (Wildman–Crippen LogP) is 3.15. The standard InChI is InChI=1S/C16H13N3O3/c17-11-1-3-12(4-2-11)22-13-5-6-18-15(8-13)14-7-10(9-19-14)16(20)21/h1-9,19H,17H2,(H,20,21). The van der Waals surface area contributed by atoms with Crippen LogP contribution in [0.3, 0.4) is 0 Å². The number of carboxylic acids is 1. The van der Waals surface area contributed by atoms with Crippen molar-refractivity contribution in [3.8, 4) is 22.9 Å². The second kappa shape index (κ2) is 5.61. The summed E-state index contributed by atoms with van der Waals surface area (Å²) in [5, 5.41) is 8.94. The lowest BCUT2D eigenvalue weighted by atomic mass is 10.2. The first-order valence-electron chi connectivity index (χ1n) is 6.53. The van der Waals surface area contributed by atoms with Gasteiger partial charge >= 0.3 is 5.97 Å². The van der Waals surface area contributed by atoms with Crippen molar-refractivity contribution in [1.29, 1.82) is 0 Å². The summed E-state index contributed by atoms with van der Waals surface area (Å²) < 4.78 is 5.72. The monoisotopic (exact) mass is 295 g/mol. The number of nitrogens with zero attached hydrogens (tertiary/aromatic N) is 1. The molecule has 1 aromatic carbocycles. The second-order valence-corrected chi connectivity index (χ2v) is 4.66. The van der Waals surface area contributed by atoms with Crippen molar-refractivity contribution in [2.24, 2.45) is 0 Å². The summed E-state index contributed by atoms with van der Waals surface area (Å²) in [6, 6.07) is 12.0. The van der Waals surface area contributed by atoms with Crippen LogP contribution in [-0.2, 0) is 0 Å². The molecule has 2 heterocycles. The number of rotatable bonds is 4. The van der Waals surface area contributed by atoms with E-state index in [9.17, 15) is 4.79 Å². The van der Waals surface area contributed by atoms with Crippen molar-refractivity contribution in [3.05, 3.63) is 60.4 Å². The zero-order valence-electron chi connectivity index (χ0n) is 11.5. The van der Waals surface area contributed by atoms with Crippen LogP contribution >= 0.6 is 0 Å². The lowest BCUT2D eigenvalue weighted by Gasteiger charge is -2.07. The Bertz CT molecular complexity index is 810. The number of nitrogens with two attached hydrogens (primary N) is 1. The smallest absolute Gasteiger partial charge is 0.337 e. The van der Waals surface area contributed by atoms with E-state index in [1.54, 1.807) is 42.6 Å². The SMILES string of the molecule is Nc1ccc(Oc2ccnc(-c3cc(C(=O)O)c[nH]3)c2)cc1. The second-order valence-electron chi connectivity index (χ2n) is 4.66. The van der Waals surface area contributed by atoms with Gasteiger partial charge < -0.3 is 20.6 Å². The topological polar surface area (TPSA) is 101 Å². The lowest BCUT2D eigenvalue weighted by Crippen LogP contribution is -1.91. The highest BCUT2D eigenvalue weighted by molar-refractivity contribution is 5.89. The van der Waals surface area contributed by atoms with Gasteiger partial charge in [0.2, 0.25) is 0 Å². The number of carboxylic acid groups (broad SMARTS) is 1. The zero-order chi connectivity index (χ0) is 15.5. The first kappa shape index (κ1) is 13.7. The predicted molar refractivity (Wildman–Crippen MR) is 81.9 cm³/mol. The molecule has 0 amide bonds. The molecular formula is C16H13N3O3. The van der Waals surface area contributed by atoms with Gasteiger partial charge in [-0.3, -0.25) is 4.98 Å². The minimum atomic E-state index is -0.989. The van der Waals surface area contributed by atoms with E-state index in [0.29, 0.717) is 28.6 Å². The maximum atomic E-state index is 10.9. The molecule has 110 valence electrons. The number of carbonyl (C=O) groups is 1. The van der Waals surface area contributed by atoms with E-state index < -0.39 is 5.97 Å². The molecular weight excluding hydrogens is 282 g/mol. The summed E-state index contributed by atoms with van der Waals surface area (Å²) in [5.41, 5.74) is 7.68. The number of aromatic amines is 1. The highest BCUT2D eigenvalue weighted by Gasteiger charge is 2.09. The maximum Gasteiger partial charge on any atom is 0.337 e. The summed E-state index contributed by atoms with van der Waals surface area (Å²) >= 11 is 0. The molecule has 6 nitrogen and oxygen atoms in total. The average molecular weight is 295 g/mol. The third-order valence-corrected chi connectivity index (χ3v) is 3.05. The summed E-state index contributed by atoms with van der Waals surface area (Å²) in [4.78, 5) is 18.0. The van der Waals surface area contributed by atoms with E-state index in [1.807, 2.05) is 0 Å². The fourth-order valence-corrected chi connectivity index (χ4v) is 1.96.